The Morgan fingerprint density at radius 2 is 2.14 bits per heavy atom. The number of piperidine rings is 1. The van der Waals surface area contributed by atoms with Crippen molar-refractivity contribution in [2.24, 2.45) is 0 Å². The lowest BCUT2D eigenvalue weighted by Crippen LogP contribution is -2.42. The smallest absolute Gasteiger partial charge is 0.271 e. The number of aliphatic hydroxyl groups is 1. The number of likely N-dealkylation sites (tertiary alicyclic amines) is 1. The molecule has 0 spiro atoms. The molecule has 1 aliphatic heterocycles. The zero-order chi connectivity index (χ0) is 14.8. The Morgan fingerprint density at radius 3 is 2.86 bits per heavy atom. The number of aromatic nitrogens is 2. The van der Waals surface area contributed by atoms with E-state index in [-0.39, 0.29) is 5.91 Å². The summed E-state index contributed by atoms with van der Waals surface area (Å²) in [5, 5.41) is 17.3. The summed E-state index contributed by atoms with van der Waals surface area (Å²) in [6, 6.07) is 9.02. The van der Waals surface area contributed by atoms with Gasteiger partial charge in [0.2, 0.25) is 0 Å². The number of nitrogens with zero attached hydrogens (tertiary/aromatic N) is 2. The first-order chi connectivity index (χ1) is 10.1. The van der Waals surface area contributed by atoms with Crippen molar-refractivity contribution in [3.05, 3.63) is 41.0 Å². The topological polar surface area (TPSA) is 69.2 Å². The number of benzene rings is 1. The molecule has 1 aromatic heterocycles. The van der Waals surface area contributed by atoms with Crippen LogP contribution in [0.2, 0.25) is 5.02 Å². The van der Waals surface area contributed by atoms with Gasteiger partial charge in [0.05, 0.1) is 11.8 Å². The van der Waals surface area contributed by atoms with E-state index in [4.69, 9.17) is 11.6 Å². The van der Waals surface area contributed by atoms with Gasteiger partial charge in [-0.25, -0.2) is 0 Å². The molecule has 0 radical (unpaired) electrons. The summed E-state index contributed by atoms with van der Waals surface area (Å²) in [7, 11) is 0. The normalized spacial score (nSPS) is 18.8. The third-order valence-corrected chi connectivity index (χ3v) is 3.88. The molecular formula is C15H16ClN3O2. The Bertz CT molecular complexity index is 639. The Balaban J connectivity index is 1.78. The first-order valence-electron chi connectivity index (χ1n) is 6.92. The SMILES string of the molecule is O=C(c1cc(-c2ccc(Cl)cc2)n[nH]1)N1CCCC(O)C1. The van der Waals surface area contributed by atoms with E-state index >= 15 is 0 Å². The molecule has 0 saturated carbocycles. The van der Waals surface area contributed by atoms with Crippen LogP contribution in [0, 0.1) is 0 Å². The van der Waals surface area contributed by atoms with E-state index in [2.05, 4.69) is 10.2 Å². The van der Waals surface area contributed by atoms with Crippen LogP contribution in [0.15, 0.2) is 30.3 Å². The van der Waals surface area contributed by atoms with Gasteiger partial charge >= 0.3 is 0 Å². The number of nitrogens with one attached hydrogen (secondary N) is 1. The number of rotatable bonds is 2. The minimum atomic E-state index is -0.429. The van der Waals surface area contributed by atoms with Crippen molar-refractivity contribution < 1.29 is 9.90 Å². The molecule has 1 amide bonds. The molecule has 1 fully saturated rings. The van der Waals surface area contributed by atoms with Crippen LogP contribution in [0.25, 0.3) is 11.3 Å². The molecule has 1 atom stereocenters. The van der Waals surface area contributed by atoms with Gasteiger partial charge in [-0.2, -0.15) is 5.10 Å². The summed E-state index contributed by atoms with van der Waals surface area (Å²) >= 11 is 5.86. The van der Waals surface area contributed by atoms with Crippen molar-refractivity contribution in [1.29, 1.82) is 0 Å². The van der Waals surface area contributed by atoms with Crippen LogP contribution in [0.5, 0.6) is 0 Å². The number of halogens is 1. The van der Waals surface area contributed by atoms with Crippen molar-refractivity contribution in [3.8, 4) is 11.3 Å². The second kappa shape index (κ2) is 5.87. The minimum absolute atomic E-state index is 0.124. The number of amides is 1. The number of H-pyrrole nitrogens is 1. The van der Waals surface area contributed by atoms with Crippen LogP contribution in [0.1, 0.15) is 23.3 Å². The molecule has 1 aromatic carbocycles. The number of carbonyl (C=O) groups excluding carboxylic acids is 1. The summed E-state index contributed by atoms with van der Waals surface area (Å²) < 4.78 is 0. The van der Waals surface area contributed by atoms with Crippen LogP contribution >= 0.6 is 11.6 Å². The predicted octanol–water partition coefficient (Wildman–Crippen LogP) is 2.33. The van der Waals surface area contributed by atoms with Gasteiger partial charge in [0.25, 0.3) is 5.91 Å². The average Bonchev–Trinajstić information content (AvgIpc) is 2.97. The summed E-state index contributed by atoms with van der Waals surface area (Å²) in [5.74, 6) is -0.124. The molecule has 2 N–H and O–H groups in total. The molecule has 1 unspecified atom stereocenters. The Labute approximate surface area is 127 Å². The number of hydrogen-bond acceptors (Lipinski definition) is 3. The number of β-amino-alcohol motifs (C(OH)–C–C–N with tert-alkyl or cyclic N) is 1. The lowest BCUT2D eigenvalue weighted by molar-refractivity contribution is 0.0469. The van der Waals surface area contributed by atoms with Gasteiger partial charge < -0.3 is 10.0 Å². The molecule has 0 bridgehead atoms. The lowest BCUT2D eigenvalue weighted by Gasteiger charge is -2.29. The largest absolute Gasteiger partial charge is 0.391 e. The monoisotopic (exact) mass is 305 g/mol. The fraction of sp³-hybridized carbons (Fsp3) is 0.333. The van der Waals surface area contributed by atoms with Crippen molar-refractivity contribution in [3.63, 3.8) is 0 Å². The van der Waals surface area contributed by atoms with E-state index in [1.54, 1.807) is 23.1 Å². The maximum Gasteiger partial charge on any atom is 0.271 e. The first kappa shape index (κ1) is 14.1. The highest BCUT2D eigenvalue weighted by molar-refractivity contribution is 6.30. The molecule has 110 valence electrons. The van der Waals surface area contributed by atoms with Crippen molar-refractivity contribution in [1.82, 2.24) is 15.1 Å². The average molecular weight is 306 g/mol. The molecule has 6 heteroatoms. The van der Waals surface area contributed by atoms with E-state index in [1.165, 1.54) is 0 Å². The van der Waals surface area contributed by atoms with Crippen molar-refractivity contribution in [2.75, 3.05) is 13.1 Å². The van der Waals surface area contributed by atoms with Gasteiger partial charge in [0, 0.05) is 23.7 Å². The highest BCUT2D eigenvalue weighted by atomic mass is 35.5. The van der Waals surface area contributed by atoms with Gasteiger partial charge in [-0.3, -0.25) is 9.89 Å². The maximum atomic E-state index is 12.4. The number of aromatic amines is 1. The van der Waals surface area contributed by atoms with E-state index < -0.39 is 6.10 Å². The molecule has 3 rings (SSSR count). The molecule has 1 aliphatic rings. The van der Waals surface area contributed by atoms with Gasteiger partial charge in [0.1, 0.15) is 5.69 Å². The Hall–Kier alpha value is -1.85. The fourth-order valence-electron chi connectivity index (χ4n) is 2.51. The summed E-state index contributed by atoms with van der Waals surface area (Å²) in [4.78, 5) is 14.0. The molecule has 0 aliphatic carbocycles. The van der Waals surface area contributed by atoms with Crippen molar-refractivity contribution in [2.45, 2.75) is 18.9 Å². The van der Waals surface area contributed by atoms with Crippen LogP contribution in [-0.4, -0.2) is 45.3 Å². The number of hydrogen-bond donors (Lipinski definition) is 2. The number of aliphatic hydroxyl groups excluding tert-OH is 1. The van der Waals surface area contributed by atoms with E-state index in [9.17, 15) is 9.90 Å². The molecule has 2 aromatic rings. The predicted molar refractivity (Wildman–Crippen MR) is 80.2 cm³/mol. The molecule has 5 nitrogen and oxygen atoms in total. The van der Waals surface area contributed by atoms with Gasteiger partial charge in [0.15, 0.2) is 0 Å². The highest BCUT2D eigenvalue weighted by Gasteiger charge is 2.24. The lowest BCUT2D eigenvalue weighted by atomic mass is 10.1. The third-order valence-electron chi connectivity index (χ3n) is 3.63. The highest BCUT2D eigenvalue weighted by Crippen LogP contribution is 2.21. The van der Waals surface area contributed by atoms with E-state index in [0.717, 1.165) is 18.4 Å². The molecule has 1 saturated heterocycles. The standard InChI is InChI=1S/C15H16ClN3O2/c16-11-5-3-10(4-6-11)13-8-14(18-17-13)15(21)19-7-1-2-12(20)9-19/h3-6,8,12,20H,1-2,7,9H2,(H,17,18). The zero-order valence-corrected chi connectivity index (χ0v) is 12.2. The van der Waals surface area contributed by atoms with Gasteiger partial charge in [-0.1, -0.05) is 23.7 Å². The molecule has 21 heavy (non-hydrogen) atoms. The van der Waals surface area contributed by atoms with E-state index in [0.29, 0.717) is 29.5 Å². The van der Waals surface area contributed by atoms with E-state index in [1.807, 2.05) is 12.1 Å². The van der Waals surface area contributed by atoms with Crippen LogP contribution < -0.4 is 0 Å². The second-order valence-corrected chi connectivity index (χ2v) is 5.66. The quantitative estimate of drug-likeness (QED) is 0.894. The third kappa shape index (κ3) is 3.09. The summed E-state index contributed by atoms with van der Waals surface area (Å²) in [6.45, 7) is 1.05. The zero-order valence-electron chi connectivity index (χ0n) is 11.4. The first-order valence-corrected chi connectivity index (χ1v) is 7.30. The second-order valence-electron chi connectivity index (χ2n) is 5.22. The maximum absolute atomic E-state index is 12.4. The molecular weight excluding hydrogens is 290 g/mol. The fourth-order valence-corrected chi connectivity index (χ4v) is 2.64. The van der Waals surface area contributed by atoms with Crippen LogP contribution in [0.3, 0.4) is 0 Å². The summed E-state index contributed by atoms with van der Waals surface area (Å²) in [6.07, 6.45) is 1.15. The molecule has 2 heterocycles. The van der Waals surface area contributed by atoms with Crippen molar-refractivity contribution >= 4 is 17.5 Å². The van der Waals surface area contributed by atoms with Gasteiger partial charge in [-0.15, -0.1) is 0 Å². The number of carbonyl (C=O) groups is 1. The Kier molecular flexibility index (Phi) is 3.94. The van der Waals surface area contributed by atoms with Crippen LogP contribution in [-0.2, 0) is 0 Å². The van der Waals surface area contributed by atoms with Crippen LogP contribution in [0.4, 0.5) is 0 Å². The summed E-state index contributed by atoms with van der Waals surface area (Å²) in [5.41, 5.74) is 2.04. The van der Waals surface area contributed by atoms with Gasteiger partial charge in [-0.05, 0) is 31.0 Å². The Morgan fingerprint density at radius 1 is 1.38 bits per heavy atom. The minimum Gasteiger partial charge on any atom is -0.391 e.